The maximum absolute atomic E-state index is 4.89. The van der Waals surface area contributed by atoms with Crippen LogP contribution in [0.2, 0.25) is 0 Å². The van der Waals surface area contributed by atoms with Crippen molar-refractivity contribution in [2.75, 3.05) is 0 Å². The van der Waals surface area contributed by atoms with Gasteiger partial charge in [-0.2, -0.15) is 0 Å². The Morgan fingerprint density at radius 1 is 1.18 bits per heavy atom. The maximum atomic E-state index is 4.89. The number of rotatable bonds is 2. The van der Waals surface area contributed by atoms with E-state index >= 15 is 0 Å². The van der Waals surface area contributed by atoms with Crippen molar-refractivity contribution in [1.82, 2.24) is 0 Å². The summed E-state index contributed by atoms with van der Waals surface area (Å²) in [5.41, 5.74) is 0. The van der Waals surface area contributed by atoms with Gasteiger partial charge >= 0.3 is 35.6 Å². The minimum atomic E-state index is -0.556. The Kier molecular flexibility index (Phi) is 13.5. The van der Waals surface area contributed by atoms with E-state index < -0.39 is 17.0 Å². The molecule has 0 N–H and O–H groups in total. The molecule has 0 aromatic heterocycles. The van der Waals surface area contributed by atoms with Gasteiger partial charge in [-0.15, -0.1) is 6.58 Å². The van der Waals surface area contributed by atoms with Crippen LogP contribution in [0.4, 0.5) is 0 Å². The van der Waals surface area contributed by atoms with Crippen molar-refractivity contribution in [1.29, 1.82) is 0 Å². The Bertz CT molecular complexity index is 249. The molecular weight excluding hydrogens is 287 g/mol. The molecule has 2 aliphatic rings. The zero-order chi connectivity index (χ0) is 11.1. The fraction of sp³-hybridized carbons (Fsp3) is 0.429. The van der Waals surface area contributed by atoms with Crippen LogP contribution >= 0.6 is 18.6 Å². The zero-order valence-electron chi connectivity index (χ0n) is 10.7. The second-order valence-corrected chi connectivity index (χ2v) is 6.52. The normalized spacial score (nSPS) is 27.8. The first-order valence-electron chi connectivity index (χ1n) is 5.25. The third-order valence-corrected chi connectivity index (χ3v) is 3.18. The molecule has 3 heteroatoms. The van der Waals surface area contributed by atoms with Gasteiger partial charge in [-0.3, -0.25) is 0 Å². The molecule has 1 saturated carbocycles. The topological polar surface area (TPSA) is 0 Å². The van der Waals surface area contributed by atoms with Crippen molar-refractivity contribution >= 4 is 18.6 Å². The van der Waals surface area contributed by atoms with Gasteiger partial charge in [0.05, 0.1) is 0 Å². The Hall–Kier alpha value is 0.514. The van der Waals surface area contributed by atoms with Gasteiger partial charge in [0.15, 0.2) is 0 Å². The Morgan fingerprint density at radius 2 is 1.76 bits per heavy atom. The molecule has 0 aliphatic heterocycles. The second-order valence-electron chi connectivity index (χ2n) is 3.94. The van der Waals surface area contributed by atoms with Crippen LogP contribution in [-0.2, 0) is 17.0 Å². The zero-order valence-corrected chi connectivity index (χ0v) is 13.8. The summed E-state index contributed by atoms with van der Waals surface area (Å²) in [6.07, 6.45) is 15.2. The van der Waals surface area contributed by atoms with Crippen molar-refractivity contribution in [2.24, 2.45) is 17.8 Å². The predicted molar refractivity (Wildman–Crippen MR) is 77.3 cm³/mol. The first kappa shape index (κ1) is 19.8. The van der Waals surface area contributed by atoms with Gasteiger partial charge in [0.25, 0.3) is 0 Å². The van der Waals surface area contributed by atoms with Crippen LogP contribution in [-0.4, -0.2) is 0 Å². The van der Waals surface area contributed by atoms with Crippen LogP contribution in [0.5, 0.6) is 0 Å². The van der Waals surface area contributed by atoms with Crippen molar-refractivity contribution in [3.05, 3.63) is 51.8 Å². The standard InChI is InChI=1S/C12H16.2CH3.2ClH.Ti/c1-2-5-10-8-9-11-6-3-4-7-12(10)11;;;;;/h2-4,6-7,10-12H,1,5,8-9H2;2*1H3;2*1H;/q;2*-1;;;+2/p-2. The molecule has 0 amide bonds. The number of hydrogen-bond acceptors (Lipinski definition) is 0. The van der Waals surface area contributed by atoms with Crippen molar-refractivity contribution in [2.45, 2.75) is 19.3 Å². The molecule has 0 radical (unpaired) electrons. The van der Waals surface area contributed by atoms with Gasteiger partial charge < -0.3 is 14.9 Å². The first-order chi connectivity index (χ1) is 7.33. The van der Waals surface area contributed by atoms with Crippen LogP contribution in [0.3, 0.4) is 0 Å². The fourth-order valence-electron chi connectivity index (χ4n) is 2.55. The predicted octanol–water partition coefficient (Wildman–Crippen LogP) is 5.61. The summed E-state index contributed by atoms with van der Waals surface area (Å²) in [4.78, 5) is 0. The summed E-state index contributed by atoms with van der Waals surface area (Å²) in [5.74, 6) is 2.52. The molecule has 0 aromatic carbocycles. The van der Waals surface area contributed by atoms with E-state index in [1.807, 2.05) is 0 Å². The van der Waals surface area contributed by atoms with E-state index in [9.17, 15) is 0 Å². The molecule has 3 unspecified atom stereocenters. The number of fused-ring (bicyclic) bond motifs is 1. The van der Waals surface area contributed by atoms with E-state index in [4.69, 9.17) is 18.6 Å². The van der Waals surface area contributed by atoms with Crippen molar-refractivity contribution in [3.63, 3.8) is 0 Å². The average Bonchev–Trinajstić information content (AvgIpc) is 2.64. The Balaban J connectivity index is 0. The average molecular weight is 309 g/mol. The van der Waals surface area contributed by atoms with Crippen molar-refractivity contribution < 1.29 is 17.0 Å². The van der Waals surface area contributed by atoms with Gasteiger partial charge in [0, 0.05) is 0 Å². The SMILES string of the molecule is C=CCC1CCC2C=CC=CC21.[CH3-].[CH3-].[Cl][Ti][Cl]. The summed E-state index contributed by atoms with van der Waals surface area (Å²) in [6, 6.07) is 0. The van der Waals surface area contributed by atoms with E-state index in [2.05, 4.69) is 37.0 Å². The molecule has 0 bridgehead atoms. The molecule has 0 aromatic rings. The molecule has 0 heterocycles. The molecule has 0 nitrogen and oxygen atoms in total. The van der Waals surface area contributed by atoms with Crippen LogP contribution in [0.25, 0.3) is 0 Å². The molecule has 0 saturated heterocycles. The first-order valence-corrected chi connectivity index (χ1v) is 9.55. The third-order valence-electron chi connectivity index (χ3n) is 3.18. The molecule has 17 heavy (non-hydrogen) atoms. The van der Waals surface area contributed by atoms with E-state index in [0.29, 0.717) is 0 Å². The second kappa shape index (κ2) is 11.6. The summed E-state index contributed by atoms with van der Waals surface area (Å²) >= 11 is -0.556. The summed E-state index contributed by atoms with van der Waals surface area (Å²) in [7, 11) is 9.78. The van der Waals surface area contributed by atoms with Crippen LogP contribution in [0, 0.1) is 32.6 Å². The molecule has 2 aliphatic carbocycles. The van der Waals surface area contributed by atoms with Gasteiger partial charge in [-0.05, 0) is 37.0 Å². The summed E-state index contributed by atoms with van der Waals surface area (Å²) in [5, 5.41) is 0. The van der Waals surface area contributed by atoms with Crippen LogP contribution < -0.4 is 0 Å². The number of hydrogen-bond donors (Lipinski definition) is 0. The van der Waals surface area contributed by atoms with E-state index in [-0.39, 0.29) is 14.9 Å². The van der Waals surface area contributed by atoms with Gasteiger partial charge in [-0.25, -0.2) is 0 Å². The molecule has 3 atom stereocenters. The van der Waals surface area contributed by atoms with Gasteiger partial charge in [0.2, 0.25) is 0 Å². The van der Waals surface area contributed by atoms with Gasteiger partial charge in [0.1, 0.15) is 0 Å². The quantitative estimate of drug-likeness (QED) is 0.353. The minimum absolute atomic E-state index is 0. The van der Waals surface area contributed by atoms with Gasteiger partial charge in [-0.1, -0.05) is 30.4 Å². The van der Waals surface area contributed by atoms with E-state index in [1.165, 1.54) is 19.3 Å². The molecular formula is C14H22Cl2Ti-2. The Morgan fingerprint density at radius 3 is 2.35 bits per heavy atom. The fourth-order valence-corrected chi connectivity index (χ4v) is 2.55. The van der Waals surface area contributed by atoms with Crippen LogP contribution in [0.15, 0.2) is 37.0 Å². The molecule has 2 rings (SSSR count). The van der Waals surface area contributed by atoms with Crippen molar-refractivity contribution in [3.8, 4) is 0 Å². The summed E-state index contributed by atoms with van der Waals surface area (Å²) < 4.78 is 0. The third kappa shape index (κ3) is 6.29. The Labute approximate surface area is 124 Å². The van der Waals surface area contributed by atoms with E-state index in [1.54, 1.807) is 0 Å². The molecule has 1 fully saturated rings. The number of allylic oxidation sites excluding steroid dienone is 5. The number of halogens is 2. The van der Waals surface area contributed by atoms with E-state index in [0.717, 1.165) is 17.8 Å². The summed E-state index contributed by atoms with van der Waals surface area (Å²) in [6.45, 7) is 3.82. The monoisotopic (exact) mass is 308 g/mol. The molecule has 98 valence electrons. The molecule has 0 spiro atoms. The van der Waals surface area contributed by atoms with Crippen LogP contribution in [0.1, 0.15) is 19.3 Å².